The van der Waals surface area contributed by atoms with E-state index in [1.165, 1.54) is 6.07 Å². The van der Waals surface area contributed by atoms with Gasteiger partial charge in [-0.15, -0.1) is 5.10 Å². The number of piperazine rings is 1. The second-order valence-electron chi connectivity index (χ2n) is 13.4. The van der Waals surface area contributed by atoms with E-state index in [2.05, 4.69) is 15.4 Å². The van der Waals surface area contributed by atoms with Gasteiger partial charge < -0.3 is 34.3 Å². The first-order valence-electron chi connectivity index (χ1n) is 17.7. The van der Waals surface area contributed by atoms with Gasteiger partial charge in [0.05, 0.1) is 47.5 Å². The molecule has 0 saturated carbocycles. The second kappa shape index (κ2) is 14.2. The van der Waals surface area contributed by atoms with Crippen LogP contribution in [0.1, 0.15) is 51.9 Å². The highest BCUT2D eigenvalue weighted by Crippen LogP contribution is 2.35. The van der Waals surface area contributed by atoms with Crippen molar-refractivity contribution in [2.45, 2.75) is 52.1 Å². The number of aromatic hydroxyl groups is 1. The smallest absolute Gasteiger partial charge is 0.416 e. The van der Waals surface area contributed by atoms with Gasteiger partial charge in [-0.05, 0) is 54.7 Å². The van der Waals surface area contributed by atoms with Crippen molar-refractivity contribution in [2.24, 2.45) is 0 Å². The van der Waals surface area contributed by atoms with Crippen LogP contribution < -0.4 is 20.5 Å². The minimum Gasteiger partial charge on any atom is -0.505 e. The van der Waals surface area contributed by atoms with Crippen molar-refractivity contribution in [3.8, 4) is 22.9 Å². The zero-order valence-corrected chi connectivity index (χ0v) is 30.2. The normalized spacial score (nSPS) is 15.5. The maximum Gasteiger partial charge on any atom is 0.416 e. The Morgan fingerprint density at radius 1 is 1.02 bits per heavy atom. The molecule has 0 unspecified atom stereocenters. The lowest BCUT2D eigenvalue weighted by atomic mass is 10.1. The SMILES string of the molecule is CCc1c(N2CCN(C(=O)c3nc4c(cc3O)OCCC4)CC2)c(=O)n2nc(-c3ccc4c(c3)COC4)nc2n1CC(=O)Nc1ccc(C(F)(F)F)cc1Cl. The predicted octanol–water partition coefficient (Wildman–Crippen LogP) is 4.85. The molecular formula is C37H34ClF3N8O6. The molecule has 1 fully saturated rings. The summed E-state index contributed by atoms with van der Waals surface area (Å²) in [6.45, 7) is 3.70. The maximum atomic E-state index is 14.4. The van der Waals surface area contributed by atoms with Gasteiger partial charge in [0.25, 0.3) is 11.5 Å². The predicted molar refractivity (Wildman–Crippen MR) is 193 cm³/mol. The van der Waals surface area contributed by atoms with Crippen LogP contribution in [0.4, 0.5) is 24.5 Å². The van der Waals surface area contributed by atoms with Gasteiger partial charge >= 0.3 is 6.18 Å². The number of hydrogen-bond donors (Lipinski definition) is 2. The van der Waals surface area contributed by atoms with Crippen LogP contribution in [-0.4, -0.2) is 78.8 Å². The molecule has 6 heterocycles. The highest BCUT2D eigenvalue weighted by Gasteiger charge is 2.33. The third-order valence-electron chi connectivity index (χ3n) is 9.96. The number of pyridine rings is 1. The fourth-order valence-electron chi connectivity index (χ4n) is 7.18. The molecule has 0 spiro atoms. The second-order valence-corrected chi connectivity index (χ2v) is 13.8. The fraction of sp³-hybridized carbons (Fsp3) is 0.351. The van der Waals surface area contributed by atoms with Crippen molar-refractivity contribution in [3.05, 3.63) is 91.6 Å². The number of alkyl halides is 3. The summed E-state index contributed by atoms with van der Waals surface area (Å²) < 4.78 is 53.6. The van der Waals surface area contributed by atoms with Crippen molar-refractivity contribution < 1.29 is 37.3 Å². The molecule has 2 aromatic carbocycles. The van der Waals surface area contributed by atoms with Crippen LogP contribution in [0.2, 0.25) is 5.02 Å². The van der Waals surface area contributed by atoms with Crippen molar-refractivity contribution in [1.29, 1.82) is 0 Å². The Morgan fingerprint density at radius 2 is 1.80 bits per heavy atom. The van der Waals surface area contributed by atoms with Gasteiger partial charge in [-0.25, -0.2) is 4.98 Å². The Bertz CT molecular complexity index is 2430. The molecule has 14 nitrogen and oxygen atoms in total. The highest BCUT2D eigenvalue weighted by molar-refractivity contribution is 6.33. The van der Waals surface area contributed by atoms with E-state index >= 15 is 0 Å². The molecule has 1 saturated heterocycles. The minimum absolute atomic E-state index is 0.0229. The molecule has 8 rings (SSSR count). The van der Waals surface area contributed by atoms with E-state index in [0.29, 0.717) is 48.9 Å². The lowest BCUT2D eigenvalue weighted by Crippen LogP contribution is -2.51. The highest BCUT2D eigenvalue weighted by atomic mass is 35.5. The Morgan fingerprint density at radius 3 is 2.55 bits per heavy atom. The van der Waals surface area contributed by atoms with E-state index < -0.39 is 29.1 Å². The van der Waals surface area contributed by atoms with Crippen LogP contribution in [0, 0.1) is 0 Å². The van der Waals surface area contributed by atoms with Gasteiger partial charge in [0.2, 0.25) is 11.7 Å². The number of hydrogen-bond acceptors (Lipinski definition) is 10. The summed E-state index contributed by atoms with van der Waals surface area (Å²) in [5.74, 6) is -0.578. The number of ether oxygens (including phenoxy) is 2. The number of nitrogens with zero attached hydrogens (tertiary/aromatic N) is 7. The lowest BCUT2D eigenvalue weighted by Gasteiger charge is -2.36. The molecule has 0 atom stereocenters. The quantitative estimate of drug-likeness (QED) is 0.234. The first kappa shape index (κ1) is 36.3. The molecule has 286 valence electrons. The number of carbonyl (C=O) groups excluding carboxylic acids is 2. The van der Waals surface area contributed by atoms with E-state index in [-0.39, 0.29) is 78.6 Å². The first-order chi connectivity index (χ1) is 26.4. The summed E-state index contributed by atoms with van der Waals surface area (Å²) in [5, 5.41) is 17.5. The fourth-order valence-corrected chi connectivity index (χ4v) is 7.41. The van der Waals surface area contributed by atoms with Gasteiger partial charge in [-0.3, -0.25) is 14.4 Å². The Labute approximate surface area is 316 Å². The van der Waals surface area contributed by atoms with E-state index in [4.69, 9.17) is 26.1 Å². The number of rotatable bonds is 7. The standard InChI is InChI=1S/C37H34ClF3N8O6/c1-2-27-32(46-9-11-47(12-10-46)34(52)31-28(50)16-29-26(43-31)4-3-13-55-29)35(53)49-36(44-33(45-49)20-5-6-21-18-54-19-22(21)14-20)48(27)17-30(51)42-25-8-7-23(15-24(25)38)37(39,40)41/h5-8,14-16,50H,2-4,9-13,17-19H2,1H3,(H,42,51). The van der Waals surface area contributed by atoms with Crippen molar-refractivity contribution in [1.82, 2.24) is 29.0 Å². The molecule has 0 bridgehead atoms. The van der Waals surface area contributed by atoms with Crippen LogP contribution in [0.5, 0.6) is 11.5 Å². The zero-order valence-electron chi connectivity index (χ0n) is 29.5. The molecule has 55 heavy (non-hydrogen) atoms. The molecule has 0 aliphatic carbocycles. The first-order valence-corrected chi connectivity index (χ1v) is 18.1. The van der Waals surface area contributed by atoms with Gasteiger partial charge in [0, 0.05) is 37.8 Å². The van der Waals surface area contributed by atoms with E-state index in [9.17, 15) is 32.7 Å². The molecule has 0 radical (unpaired) electrons. The molecule has 3 aromatic heterocycles. The van der Waals surface area contributed by atoms with Gasteiger partial charge in [0.15, 0.2) is 17.3 Å². The number of carbonyl (C=O) groups is 2. The average Bonchev–Trinajstić information content (AvgIpc) is 3.84. The molecule has 18 heteroatoms. The van der Waals surface area contributed by atoms with Crippen molar-refractivity contribution in [2.75, 3.05) is 43.0 Å². The number of benzene rings is 2. The van der Waals surface area contributed by atoms with Gasteiger partial charge in [0.1, 0.15) is 18.0 Å². The van der Waals surface area contributed by atoms with Crippen LogP contribution in [0.3, 0.4) is 0 Å². The summed E-state index contributed by atoms with van der Waals surface area (Å²) in [4.78, 5) is 54.1. The molecule has 3 aliphatic rings. The number of aryl methyl sites for hydroxylation is 1. The number of amides is 2. The molecule has 2 amide bonds. The van der Waals surface area contributed by atoms with Crippen LogP contribution in [0.15, 0.2) is 47.3 Å². The van der Waals surface area contributed by atoms with Gasteiger partial charge in [-0.1, -0.05) is 30.7 Å². The lowest BCUT2D eigenvalue weighted by molar-refractivity contribution is -0.137. The van der Waals surface area contributed by atoms with Crippen LogP contribution in [0.25, 0.3) is 17.2 Å². The summed E-state index contributed by atoms with van der Waals surface area (Å²) in [6, 6.07) is 9.69. The van der Waals surface area contributed by atoms with E-state index in [1.807, 2.05) is 30.0 Å². The van der Waals surface area contributed by atoms with Crippen molar-refractivity contribution in [3.63, 3.8) is 0 Å². The topological polar surface area (TPSA) is 156 Å². The van der Waals surface area contributed by atoms with Crippen LogP contribution in [-0.2, 0) is 48.3 Å². The summed E-state index contributed by atoms with van der Waals surface area (Å²) in [7, 11) is 0. The Hall–Kier alpha value is -5.68. The average molecular weight is 779 g/mol. The number of fused-ring (bicyclic) bond motifs is 3. The Kier molecular flexibility index (Phi) is 9.37. The molecular weight excluding hydrogens is 745 g/mol. The maximum absolute atomic E-state index is 14.4. The molecule has 5 aromatic rings. The number of halogens is 4. The van der Waals surface area contributed by atoms with Crippen LogP contribution >= 0.6 is 11.6 Å². The zero-order chi connectivity index (χ0) is 38.6. The van der Waals surface area contributed by atoms with E-state index in [0.717, 1.165) is 40.3 Å². The minimum atomic E-state index is -4.62. The monoisotopic (exact) mass is 778 g/mol. The third-order valence-corrected chi connectivity index (χ3v) is 10.3. The number of nitrogens with one attached hydrogen (secondary N) is 1. The number of aromatic nitrogens is 5. The summed E-state index contributed by atoms with van der Waals surface area (Å²) in [6.07, 6.45) is -2.97. The Balaban J connectivity index is 1.13. The molecule has 3 aliphatic heterocycles. The third kappa shape index (κ3) is 6.82. The summed E-state index contributed by atoms with van der Waals surface area (Å²) in [5.41, 5.74) is 2.43. The largest absolute Gasteiger partial charge is 0.505 e. The van der Waals surface area contributed by atoms with E-state index in [1.54, 1.807) is 9.47 Å². The molecule has 2 N–H and O–H groups in total. The van der Waals surface area contributed by atoms with Gasteiger partial charge in [-0.2, -0.15) is 22.7 Å². The number of anilines is 2. The van der Waals surface area contributed by atoms with Crippen molar-refractivity contribution >= 4 is 40.6 Å². The summed E-state index contributed by atoms with van der Waals surface area (Å²) >= 11 is 6.15.